The van der Waals surface area contributed by atoms with Gasteiger partial charge in [0.1, 0.15) is 6.17 Å². The molecule has 0 bridgehead atoms. The molecule has 4 rings (SSSR count). The highest BCUT2D eigenvalue weighted by Crippen LogP contribution is 2.42. The van der Waals surface area contributed by atoms with Gasteiger partial charge in [0, 0.05) is 27.9 Å². The molecular formula is C20H21N5O3. The number of benzene rings is 2. The first-order chi connectivity index (χ1) is 13.6. The zero-order valence-corrected chi connectivity index (χ0v) is 15.5. The first kappa shape index (κ1) is 18.0. The SMILES string of the molecule is COc1ccc(N2C(=O)c3cc(N)ccc3C2N=[N+]=[N-])cc1OC1CCCC1. The van der Waals surface area contributed by atoms with Gasteiger partial charge in [-0.15, -0.1) is 0 Å². The molecule has 1 unspecified atom stereocenters. The number of carbonyl (C=O) groups is 1. The predicted octanol–water partition coefficient (Wildman–Crippen LogP) is 4.57. The molecule has 28 heavy (non-hydrogen) atoms. The van der Waals surface area contributed by atoms with Gasteiger partial charge in [0.25, 0.3) is 5.91 Å². The maximum absolute atomic E-state index is 13.1. The molecule has 2 aliphatic rings. The molecule has 2 aromatic rings. The molecule has 1 amide bonds. The largest absolute Gasteiger partial charge is 0.493 e. The van der Waals surface area contributed by atoms with Crippen LogP contribution < -0.4 is 20.1 Å². The summed E-state index contributed by atoms with van der Waals surface area (Å²) in [6.45, 7) is 0. The Morgan fingerprint density at radius 2 is 1.96 bits per heavy atom. The van der Waals surface area contributed by atoms with E-state index >= 15 is 0 Å². The summed E-state index contributed by atoms with van der Waals surface area (Å²) in [4.78, 5) is 17.5. The highest BCUT2D eigenvalue weighted by atomic mass is 16.5. The van der Waals surface area contributed by atoms with E-state index in [2.05, 4.69) is 10.0 Å². The third kappa shape index (κ3) is 3.08. The molecule has 0 aromatic heterocycles. The third-order valence-corrected chi connectivity index (χ3v) is 5.23. The molecule has 8 heteroatoms. The van der Waals surface area contributed by atoms with Gasteiger partial charge in [-0.1, -0.05) is 11.2 Å². The number of hydrogen-bond acceptors (Lipinski definition) is 5. The highest BCUT2D eigenvalue weighted by molar-refractivity contribution is 6.11. The molecule has 8 nitrogen and oxygen atoms in total. The second kappa shape index (κ2) is 7.32. The fourth-order valence-electron chi connectivity index (χ4n) is 3.88. The molecule has 1 atom stereocenters. The molecule has 144 valence electrons. The Hall–Kier alpha value is -3.38. The van der Waals surface area contributed by atoms with Crippen LogP contribution in [-0.2, 0) is 0 Å². The summed E-state index contributed by atoms with van der Waals surface area (Å²) in [5.41, 5.74) is 17.0. The smallest absolute Gasteiger partial charge is 0.259 e. The van der Waals surface area contributed by atoms with Crippen LogP contribution in [0.3, 0.4) is 0 Å². The Kier molecular flexibility index (Phi) is 4.71. The van der Waals surface area contributed by atoms with Gasteiger partial charge in [-0.3, -0.25) is 9.69 Å². The second-order valence-electron chi connectivity index (χ2n) is 6.96. The van der Waals surface area contributed by atoms with Gasteiger partial charge in [-0.05, 0) is 61.0 Å². The summed E-state index contributed by atoms with van der Waals surface area (Å²) in [7, 11) is 1.58. The van der Waals surface area contributed by atoms with Crippen molar-refractivity contribution in [2.75, 3.05) is 17.7 Å². The van der Waals surface area contributed by atoms with Crippen molar-refractivity contribution in [2.24, 2.45) is 5.11 Å². The van der Waals surface area contributed by atoms with E-state index in [1.54, 1.807) is 43.5 Å². The third-order valence-electron chi connectivity index (χ3n) is 5.23. The topological polar surface area (TPSA) is 114 Å². The quantitative estimate of drug-likeness (QED) is 0.355. The zero-order valence-electron chi connectivity index (χ0n) is 15.5. The lowest BCUT2D eigenvalue weighted by Gasteiger charge is -2.24. The van der Waals surface area contributed by atoms with Crippen molar-refractivity contribution in [3.05, 3.63) is 58.0 Å². The van der Waals surface area contributed by atoms with Crippen LogP contribution in [0.5, 0.6) is 11.5 Å². The Morgan fingerprint density at radius 3 is 2.68 bits per heavy atom. The molecule has 1 heterocycles. The minimum atomic E-state index is -0.777. The summed E-state index contributed by atoms with van der Waals surface area (Å²) in [5, 5.41) is 3.85. The molecule has 2 N–H and O–H groups in total. The molecule has 1 fully saturated rings. The number of nitrogens with zero attached hydrogens (tertiary/aromatic N) is 4. The number of fused-ring (bicyclic) bond motifs is 1. The molecule has 2 aromatic carbocycles. The van der Waals surface area contributed by atoms with Crippen LogP contribution in [0.2, 0.25) is 0 Å². The van der Waals surface area contributed by atoms with E-state index in [1.807, 2.05) is 0 Å². The Balaban J connectivity index is 1.74. The lowest BCUT2D eigenvalue weighted by Crippen LogP contribution is -2.26. The van der Waals surface area contributed by atoms with E-state index in [4.69, 9.17) is 20.7 Å². The predicted molar refractivity (Wildman–Crippen MR) is 105 cm³/mol. The lowest BCUT2D eigenvalue weighted by atomic mass is 10.1. The fourth-order valence-corrected chi connectivity index (χ4v) is 3.88. The van der Waals surface area contributed by atoms with Crippen LogP contribution in [0.25, 0.3) is 10.4 Å². The van der Waals surface area contributed by atoms with Gasteiger partial charge in [0.05, 0.1) is 13.2 Å². The number of carbonyl (C=O) groups excluding carboxylic acids is 1. The van der Waals surface area contributed by atoms with Crippen LogP contribution >= 0.6 is 0 Å². The van der Waals surface area contributed by atoms with Crippen molar-refractivity contribution in [2.45, 2.75) is 38.0 Å². The van der Waals surface area contributed by atoms with Crippen molar-refractivity contribution in [3.63, 3.8) is 0 Å². The van der Waals surface area contributed by atoms with Crippen LogP contribution in [0, 0.1) is 0 Å². The average molecular weight is 379 g/mol. The first-order valence-electron chi connectivity index (χ1n) is 9.24. The van der Waals surface area contributed by atoms with Crippen molar-refractivity contribution >= 4 is 17.3 Å². The fraction of sp³-hybridized carbons (Fsp3) is 0.350. The number of rotatable bonds is 5. The summed E-state index contributed by atoms with van der Waals surface area (Å²) in [5.74, 6) is 0.913. The van der Waals surface area contributed by atoms with Gasteiger partial charge in [0.15, 0.2) is 11.5 Å². The normalized spacial score (nSPS) is 18.7. The maximum Gasteiger partial charge on any atom is 0.259 e. The van der Waals surface area contributed by atoms with Crippen molar-refractivity contribution in [3.8, 4) is 11.5 Å². The molecule has 1 saturated carbocycles. The second-order valence-corrected chi connectivity index (χ2v) is 6.96. The minimum absolute atomic E-state index is 0.142. The summed E-state index contributed by atoms with van der Waals surface area (Å²) < 4.78 is 11.6. The summed E-state index contributed by atoms with van der Waals surface area (Å²) in [6.07, 6.45) is 3.66. The summed E-state index contributed by atoms with van der Waals surface area (Å²) in [6, 6.07) is 10.3. The van der Waals surface area contributed by atoms with E-state index in [0.717, 1.165) is 25.7 Å². The van der Waals surface area contributed by atoms with Crippen molar-refractivity contribution < 1.29 is 14.3 Å². The van der Waals surface area contributed by atoms with Crippen LogP contribution in [0.1, 0.15) is 47.8 Å². The minimum Gasteiger partial charge on any atom is -0.493 e. The number of anilines is 2. The van der Waals surface area contributed by atoms with E-state index in [0.29, 0.717) is 34.0 Å². The molecular weight excluding hydrogens is 358 g/mol. The Bertz CT molecular complexity index is 964. The first-order valence-corrected chi connectivity index (χ1v) is 9.24. The maximum atomic E-state index is 13.1. The number of nitrogen functional groups attached to an aromatic ring is 1. The number of hydrogen-bond donors (Lipinski definition) is 1. The lowest BCUT2D eigenvalue weighted by molar-refractivity contribution is 0.0991. The van der Waals surface area contributed by atoms with E-state index in [-0.39, 0.29) is 12.0 Å². The van der Waals surface area contributed by atoms with E-state index < -0.39 is 6.17 Å². The summed E-state index contributed by atoms with van der Waals surface area (Å²) >= 11 is 0. The zero-order chi connectivity index (χ0) is 19.7. The van der Waals surface area contributed by atoms with Crippen molar-refractivity contribution in [1.82, 2.24) is 0 Å². The highest BCUT2D eigenvalue weighted by Gasteiger charge is 2.37. The molecule has 1 aliphatic heterocycles. The van der Waals surface area contributed by atoms with Gasteiger partial charge in [-0.25, -0.2) is 0 Å². The molecule has 1 aliphatic carbocycles. The van der Waals surface area contributed by atoms with E-state index in [1.165, 1.54) is 4.90 Å². The monoisotopic (exact) mass is 379 g/mol. The van der Waals surface area contributed by atoms with Crippen LogP contribution in [0.4, 0.5) is 11.4 Å². The number of methoxy groups -OCH3 is 1. The number of amides is 1. The van der Waals surface area contributed by atoms with Crippen LogP contribution in [0.15, 0.2) is 41.5 Å². The van der Waals surface area contributed by atoms with Crippen molar-refractivity contribution in [1.29, 1.82) is 0 Å². The van der Waals surface area contributed by atoms with Gasteiger partial charge >= 0.3 is 0 Å². The number of ether oxygens (including phenoxy) is 2. The van der Waals surface area contributed by atoms with Gasteiger partial charge < -0.3 is 15.2 Å². The molecule has 0 saturated heterocycles. The van der Waals surface area contributed by atoms with Gasteiger partial charge in [0.2, 0.25) is 0 Å². The van der Waals surface area contributed by atoms with Gasteiger partial charge in [-0.2, -0.15) is 0 Å². The van der Waals surface area contributed by atoms with E-state index in [9.17, 15) is 4.79 Å². The van der Waals surface area contributed by atoms with Crippen LogP contribution in [-0.4, -0.2) is 19.1 Å². The number of nitrogens with two attached hydrogens (primary N) is 1. The molecule has 0 spiro atoms. The number of azide groups is 1. The standard InChI is InChI=1S/C20H21N5O3/c1-27-17-9-7-13(11-18(17)28-14-4-2-3-5-14)25-19(23-24-22)15-8-6-12(21)10-16(15)20(25)26/h6-11,14,19H,2-5,21H2,1H3. The molecule has 0 radical (unpaired) electrons. The average Bonchev–Trinajstić information content (AvgIpc) is 3.29. The Labute approximate surface area is 162 Å². The Morgan fingerprint density at radius 1 is 1.18 bits per heavy atom.